The van der Waals surface area contributed by atoms with Gasteiger partial charge in [-0.15, -0.1) is 11.3 Å². The van der Waals surface area contributed by atoms with E-state index in [1.54, 1.807) is 23.0 Å². The lowest BCUT2D eigenvalue weighted by atomic mass is 10.1. The van der Waals surface area contributed by atoms with Gasteiger partial charge < -0.3 is 10.1 Å². The third-order valence-electron chi connectivity index (χ3n) is 4.07. The highest BCUT2D eigenvalue weighted by Crippen LogP contribution is 2.25. The quantitative estimate of drug-likeness (QED) is 0.389. The van der Waals surface area contributed by atoms with E-state index in [0.29, 0.717) is 27.9 Å². The zero-order valence-corrected chi connectivity index (χ0v) is 16.6. The van der Waals surface area contributed by atoms with E-state index in [1.165, 1.54) is 11.3 Å². The van der Waals surface area contributed by atoms with Crippen molar-refractivity contribution in [1.82, 2.24) is 14.6 Å². The van der Waals surface area contributed by atoms with Gasteiger partial charge in [-0.1, -0.05) is 18.2 Å². The van der Waals surface area contributed by atoms with Crippen molar-refractivity contribution in [2.75, 3.05) is 11.9 Å². The van der Waals surface area contributed by atoms with E-state index < -0.39 is 0 Å². The van der Waals surface area contributed by atoms with Gasteiger partial charge in [0.05, 0.1) is 28.9 Å². The number of aromatic nitrogens is 3. The average Bonchev–Trinajstić information content (AvgIpc) is 3.38. The second-order valence-corrected chi connectivity index (χ2v) is 7.17. The van der Waals surface area contributed by atoms with Gasteiger partial charge in [-0.25, -0.2) is 9.50 Å². The van der Waals surface area contributed by atoms with Crippen LogP contribution in [0.5, 0.6) is 0 Å². The summed E-state index contributed by atoms with van der Waals surface area (Å²) in [4.78, 5) is 17.8. The number of thiophene rings is 1. The van der Waals surface area contributed by atoms with Gasteiger partial charge in [0.1, 0.15) is 0 Å². The van der Waals surface area contributed by atoms with Crippen molar-refractivity contribution in [3.63, 3.8) is 0 Å². The fourth-order valence-corrected chi connectivity index (χ4v) is 3.77. The molecule has 1 N–H and O–H groups in total. The summed E-state index contributed by atoms with van der Waals surface area (Å²) in [5.41, 5.74) is 3.55. The topological polar surface area (TPSA) is 68.5 Å². The van der Waals surface area contributed by atoms with Crippen molar-refractivity contribution in [1.29, 1.82) is 0 Å². The average molecular weight is 409 g/mol. The van der Waals surface area contributed by atoms with Gasteiger partial charge in [0.25, 0.3) is 5.17 Å². The Kier molecular flexibility index (Phi) is 5.14. The van der Waals surface area contributed by atoms with Gasteiger partial charge in [-0.2, -0.15) is 5.10 Å². The van der Waals surface area contributed by atoms with Gasteiger partial charge in [0.15, 0.2) is 5.65 Å². The van der Waals surface area contributed by atoms with E-state index in [4.69, 9.17) is 17.0 Å². The van der Waals surface area contributed by atoms with Crippen molar-refractivity contribution in [2.45, 2.75) is 6.92 Å². The maximum Gasteiger partial charge on any atom is 0.261 e. The minimum Gasteiger partial charge on any atom is -0.471 e. The standard InChI is InChI=1S/C20H16N4O2S2/c1-2-26-20(27)23-14-6-3-5-13(11-14)16-8-9-21-19-15(12-22-24(16)19)18(25)17-7-4-10-28-17/h3-12H,2H2,1H3,(H,23,27). The molecule has 0 fully saturated rings. The molecule has 0 bridgehead atoms. The van der Waals surface area contributed by atoms with Crippen molar-refractivity contribution < 1.29 is 9.53 Å². The lowest BCUT2D eigenvalue weighted by molar-refractivity contribution is 0.104. The Morgan fingerprint density at radius 1 is 1.29 bits per heavy atom. The largest absolute Gasteiger partial charge is 0.471 e. The highest BCUT2D eigenvalue weighted by atomic mass is 32.1. The second kappa shape index (κ2) is 7.87. The number of ether oxygens (including phenoxy) is 1. The molecule has 0 saturated carbocycles. The van der Waals surface area contributed by atoms with Crippen molar-refractivity contribution in [2.24, 2.45) is 0 Å². The van der Waals surface area contributed by atoms with Crippen LogP contribution < -0.4 is 5.32 Å². The molecule has 8 heteroatoms. The second-order valence-electron chi connectivity index (χ2n) is 5.86. The van der Waals surface area contributed by atoms with Gasteiger partial charge in [0.2, 0.25) is 5.78 Å². The number of nitrogens with zero attached hydrogens (tertiary/aromatic N) is 3. The third-order valence-corrected chi connectivity index (χ3v) is 5.16. The molecule has 3 heterocycles. The molecule has 4 aromatic rings. The summed E-state index contributed by atoms with van der Waals surface area (Å²) in [7, 11) is 0. The monoisotopic (exact) mass is 408 g/mol. The van der Waals surface area contributed by atoms with E-state index in [9.17, 15) is 4.79 Å². The molecule has 0 aliphatic heterocycles. The van der Waals surface area contributed by atoms with Crippen LogP contribution in [0.25, 0.3) is 16.9 Å². The number of anilines is 1. The maximum atomic E-state index is 12.7. The number of hydrogen-bond donors (Lipinski definition) is 1. The van der Waals surface area contributed by atoms with E-state index in [-0.39, 0.29) is 5.78 Å². The van der Waals surface area contributed by atoms with Crippen molar-refractivity contribution >= 4 is 45.8 Å². The van der Waals surface area contributed by atoms with E-state index >= 15 is 0 Å². The molecule has 1 aromatic carbocycles. The zero-order valence-electron chi connectivity index (χ0n) is 15.0. The zero-order chi connectivity index (χ0) is 19.5. The van der Waals surface area contributed by atoms with Gasteiger partial charge >= 0.3 is 0 Å². The molecule has 0 unspecified atom stereocenters. The summed E-state index contributed by atoms with van der Waals surface area (Å²) >= 11 is 6.55. The Balaban J connectivity index is 1.72. The van der Waals surface area contributed by atoms with E-state index in [1.807, 2.05) is 48.7 Å². The minimum atomic E-state index is -0.0767. The lowest BCUT2D eigenvalue weighted by Crippen LogP contribution is -2.12. The molecule has 4 rings (SSSR count). The molecule has 28 heavy (non-hydrogen) atoms. The number of carbonyl (C=O) groups is 1. The molecule has 0 aliphatic rings. The number of nitrogens with one attached hydrogen (secondary N) is 1. The highest BCUT2D eigenvalue weighted by molar-refractivity contribution is 7.80. The van der Waals surface area contributed by atoms with Crippen LogP contribution in [0.1, 0.15) is 22.2 Å². The molecule has 3 aromatic heterocycles. The van der Waals surface area contributed by atoms with Crippen LogP contribution in [0.2, 0.25) is 0 Å². The number of fused-ring (bicyclic) bond motifs is 1. The Morgan fingerprint density at radius 2 is 2.18 bits per heavy atom. The van der Waals surface area contributed by atoms with Crippen LogP contribution >= 0.6 is 23.6 Å². The fraction of sp³-hybridized carbons (Fsp3) is 0.100. The molecular formula is C20H16N4O2S2. The number of carbonyl (C=O) groups excluding carboxylic acids is 1. The van der Waals surface area contributed by atoms with E-state index in [0.717, 1.165) is 16.9 Å². The molecule has 0 amide bonds. The molecule has 0 aliphatic carbocycles. The first kappa shape index (κ1) is 18.3. The van der Waals surface area contributed by atoms with Crippen LogP contribution in [0.4, 0.5) is 5.69 Å². The lowest BCUT2D eigenvalue weighted by Gasteiger charge is -2.10. The third kappa shape index (κ3) is 3.51. The summed E-state index contributed by atoms with van der Waals surface area (Å²) in [5.74, 6) is -0.0767. The Hall–Kier alpha value is -3.10. The van der Waals surface area contributed by atoms with Crippen LogP contribution in [0.15, 0.2) is 60.2 Å². The molecule has 0 radical (unpaired) electrons. The first-order chi connectivity index (χ1) is 13.7. The summed E-state index contributed by atoms with van der Waals surface area (Å²) in [5, 5.41) is 9.67. The Bertz CT molecular complexity index is 1150. The minimum absolute atomic E-state index is 0.0767. The summed E-state index contributed by atoms with van der Waals surface area (Å²) < 4.78 is 6.96. The smallest absolute Gasteiger partial charge is 0.261 e. The molecule has 0 saturated heterocycles. The Labute approximate surface area is 170 Å². The molecule has 140 valence electrons. The van der Waals surface area contributed by atoms with Crippen molar-refractivity contribution in [3.05, 3.63) is 70.7 Å². The van der Waals surface area contributed by atoms with Crippen LogP contribution in [0.3, 0.4) is 0 Å². The number of hydrogen-bond acceptors (Lipinski definition) is 6. The first-order valence-corrected chi connectivity index (χ1v) is 9.91. The predicted molar refractivity (Wildman–Crippen MR) is 114 cm³/mol. The maximum absolute atomic E-state index is 12.7. The molecule has 0 atom stereocenters. The van der Waals surface area contributed by atoms with Gasteiger partial charge in [-0.05, 0) is 48.8 Å². The van der Waals surface area contributed by atoms with E-state index in [2.05, 4.69) is 15.4 Å². The first-order valence-electron chi connectivity index (χ1n) is 8.62. The normalized spacial score (nSPS) is 10.8. The van der Waals surface area contributed by atoms with Crippen molar-refractivity contribution in [3.8, 4) is 11.3 Å². The number of thiocarbonyl (C=S) groups is 1. The highest BCUT2D eigenvalue weighted by Gasteiger charge is 2.18. The fourth-order valence-electron chi connectivity index (χ4n) is 2.85. The number of rotatable bonds is 5. The molecular weight excluding hydrogens is 392 g/mol. The summed E-state index contributed by atoms with van der Waals surface area (Å²) in [6.07, 6.45) is 3.25. The van der Waals surface area contributed by atoms with Gasteiger partial charge in [0, 0.05) is 17.4 Å². The van der Waals surface area contributed by atoms with Gasteiger partial charge in [-0.3, -0.25) is 4.79 Å². The molecule has 0 spiro atoms. The summed E-state index contributed by atoms with van der Waals surface area (Å²) in [6.45, 7) is 2.38. The number of ketones is 1. The Morgan fingerprint density at radius 3 is 2.96 bits per heavy atom. The summed E-state index contributed by atoms with van der Waals surface area (Å²) in [6, 6.07) is 13.3. The predicted octanol–water partition coefficient (Wildman–Crippen LogP) is 4.42. The SMILES string of the molecule is CCOC(=S)Nc1cccc(-c2ccnc3c(C(=O)c4cccs4)cnn23)c1. The van der Waals surface area contributed by atoms with Crippen LogP contribution in [-0.2, 0) is 4.74 Å². The number of benzene rings is 1. The molecule has 6 nitrogen and oxygen atoms in total. The van der Waals surface area contributed by atoms with Crippen LogP contribution in [0, 0.1) is 0 Å². The van der Waals surface area contributed by atoms with Crippen LogP contribution in [-0.4, -0.2) is 32.2 Å².